The second kappa shape index (κ2) is 9.61. The molecule has 4 heterocycles. The summed E-state index contributed by atoms with van der Waals surface area (Å²) >= 11 is 0. The molecule has 0 atom stereocenters. The molecule has 200 valence electrons. The second-order valence-electron chi connectivity index (χ2n) is 10.8. The zero-order valence-electron chi connectivity index (χ0n) is 22.2. The van der Waals surface area contributed by atoms with Crippen LogP contribution in [0.2, 0.25) is 0 Å². The number of carbonyl (C=O) groups excluding carboxylic acids is 2. The molecule has 0 bridgehead atoms. The molecule has 7 rings (SSSR count). The minimum absolute atomic E-state index is 0.191. The molecular formula is C31H32N4O4. The molecule has 3 aromatic carbocycles. The van der Waals surface area contributed by atoms with Crippen molar-refractivity contribution < 1.29 is 19.1 Å². The molecule has 39 heavy (non-hydrogen) atoms. The number of hydrogen-bond acceptors (Lipinski definition) is 7. The quantitative estimate of drug-likeness (QED) is 0.469. The summed E-state index contributed by atoms with van der Waals surface area (Å²) in [5, 5.41) is 0. The van der Waals surface area contributed by atoms with Crippen LogP contribution in [0, 0.1) is 0 Å². The maximum atomic E-state index is 13.7. The van der Waals surface area contributed by atoms with Gasteiger partial charge in [0.2, 0.25) is 6.79 Å². The lowest BCUT2D eigenvalue weighted by Gasteiger charge is -2.36. The molecule has 1 fully saturated rings. The number of carbonyl (C=O) groups is 2. The summed E-state index contributed by atoms with van der Waals surface area (Å²) in [6, 6.07) is 18.1. The summed E-state index contributed by atoms with van der Waals surface area (Å²) in [5.41, 5.74) is 6.64. The van der Waals surface area contributed by atoms with E-state index >= 15 is 0 Å². The lowest BCUT2D eigenvalue weighted by molar-refractivity contribution is 0.0642. The second-order valence-corrected chi connectivity index (χ2v) is 10.8. The minimum Gasteiger partial charge on any atom is -0.454 e. The van der Waals surface area contributed by atoms with Crippen molar-refractivity contribution in [2.75, 3.05) is 56.4 Å². The molecule has 4 aliphatic rings. The molecule has 4 aliphatic heterocycles. The standard InChI is InChI=1S/C31H32N4O4/c1-32-11-3-4-23-16-21(7-9-25(23)32)19-35-30(36)24-5-2-6-26(29(24)31(35)37)34-14-12-33(13-15-34)18-22-8-10-27-28(17-22)39-20-38-27/h2,5-10,16-17H,3-4,11-15,18-20H2,1H3. The van der Waals surface area contributed by atoms with Gasteiger partial charge in [-0.1, -0.05) is 24.3 Å². The number of ether oxygens (including phenoxy) is 2. The molecule has 0 aromatic heterocycles. The van der Waals surface area contributed by atoms with Gasteiger partial charge in [-0.05, 0) is 59.9 Å². The number of piperazine rings is 1. The van der Waals surface area contributed by atoms with Crippen molar-refractivity contribution in [2.45, 2.75) is 25.9 Å². The lowest BCUT2D eigenvalue weighted by Crippen LogP contribution is -2.46. The summed E-state index contributed by atoms with van der Waals surface area (Å²) in [4.78, 5) is 35.4. The maximum absolute atomic E-state index is 13.7. The highest BCUT2D eigenvalue weighted by Gasteiger charge is 2.39. The molecule has 8 heteroatoms. The number of nitrogens with zero attached hydrogens (tertiary/aromatic N) is 4. The van der Waals surface area contributed by atoms with Gasteiger partial charge in [-0.25, -0.2) is 0 Å². The van der Waals surface area contributed by atoms with E-state index in [0.717, 1.165) is 74.9 Å². The zero-order chi connectivity index (χ0) is 26.5. The Bertz CT molecular complexity index is 1460. The van der Waals surface area contributed by atoms with Crippen LogP contribution < -0.4 is 19.3 Å². The Morgan fingerprint density at radius 1 is 0.769 bits per heavy atom. The highest BCUT2D eigenvalue weighted by molar-refractivity contribution is 6.23. The molecule has 1 saturated heterocycles. The van der Waals surface area contributed by atoms with E-state index in [4.69, 9.17) is 9.47 Å². The largest absolute Gasteiger partial charge is 0.454 e. The van der Waals surface area contributed by atoms with E-state index in [1.165, 1.54) is 21.7 Å². The van der Waals surface area contributed by atoms with E-state index < -0.39 is 0 Å². The fourth-order valence-corrected chi connectivity index (χ4v) is 6.29. The number of fused-ring (bicyclic) bond motifs is 3. The van der Waals surface area contributed by atoms with Crippen LogP contribution in [0.3, 0.4) is 0 Å². The van der Waals surface area contributed by atoms with Gasteiger partial charge in [0.15, 0.2) is 11.5 Å². The molecule has 0 unspecified atom stereocenters. The van der Waals surface area contributed by atoms with Crippen molar-refractivity contribution in [2.24, 2.45) is 0 Å². The number of amides is 2. The van der Waals surface area contributed by atoms with E-state index in [0.29, 0.717) is 17.7 Å². The predicted molar refractivity (Wildman–Crippen MR) is 149 cm³/mol. The Morgan fingerprint density at radius 3 is 2.44 bits per heavy atom. The van der Waals surface area contributed by atoms with Crippen LogP contribution in [-0.2, 0) is 19.5 Å². The summed E-state index contributed by atoms with van der Waals surface area (Å²) in [7, 11) is 2.11. The first kappa shape index (κ1) is 24.0. The van der Waals surface area contributed by atoms with Crippen molar-refractivity contribution in [1.29, 1.82) is 0 Å². The third-order valence-electron chi connectivity index (χ3n) is 8.37. The summed E-state index contributed by atoms with van der Waals surface area (Å²) < 4.78 is 11.0. The Kier molecular flexibility index (Phi) is 5.92. The highest BCUT2D eigenvalue weighted by Crippen LogP contribution is 2.35. The fraction of sp³-hybridized carbons (Fsp3) is 0.355. The molecule has 8 nitrogen and oxygen atoms in total. The normalized spacial score (nSPS) is 18.5. The van der Waals surface area contributed by atoms with Gasteiger partial charge in [0, 0.05) is 52.0 Å². The molecule has 0 N–H and O–H groups in total. The number of anilines is 2. The molecular weight excluding hydrogens is 492 g/mol. The van der Waals surface area contributed by atoms with Crippen molar-refractivity contribution in [3.63, 3.8) is 0 Å². The third-order valence-corrected chi connectivity index (χ3v) is 8.37. The van der Waals surface area contributed by atoms with Crippen molar-refractivity contribution >= 4 is 23.2 Å². The highest BCUT2D eigenvalue weighted by atomic mass is 16.7. The van der Waals surface area contributed by atoms with Crippen LogP contribution in [0.15, 0.2) is 54.6 Å². The van der Waals surface area contributed by atoms with Gasteiger partial charge >= 0.3 is 0 Å². The van der Waals surface area contributed by atoms with E-state index in [9.17, 15) is 9.59 Å². The van der Waals surface area contributed by atoms with Gasteiger partial charge in [-0.3, -0.25) is 19.4 Å². The van der Waals surface area contributed by atoms with E-state index in [1.54, 1.807) is 6.07 Å². The van der Waals surface area contributed by atoms with Gasteiger partial charge in [0.05, 0.1) is 23.4 Å². The summed E-state index contributed by atoms with van der Waals surface area (Å²) in [5.74, 6) is 1.21. The first-order valence-electron chi connectivity index (χ1n) is 13.7. The van der Waals surface area contributed by atoms with Crippen LogP contribution in [0.4, 0.5) is 11.4 Å². The molecule has 2 amide bonds. The third kappa shape index (κ3) is 4.29. The summed E-state index contributed by atoms with van der Waals surface area (Å²) in [6.07, 6.45) is 2.15. The predicted octanol–water partition coefficient (Wildman–Crippen LogP) is 3.92. The minimum atomic E-state index is -0.201. The molecule has 0 saturated carbocycles. The van der Waals surface area contributed by atoms with E-state index in [1.807, 2.05) is 24.3 Å². The van der Waals surface area contributed by atoms with Gasteiger partial charge in [0.25, 0.3) is 11.8 Å². The summed E-state index contributed by atoms with van der Waals surface area (Å²) in [6.45, 7) is 5.79. The van der Waals surface area contributed by atoms with Gasteiger partial charge in [-0.15, -0.1) is 0 Å². The fourth-order valence-electron chi connectivity index (χ4n) is 6.29. The smallest absolute Gasteiger partial charge is 0.263 e. The maximum Gasteiger partial charge on any atom is 0.263 e. The van der Waals surface area contributed by atoms with E-state index in [-0.39, 0.29) is 18.6 Å². The number of aryl methyl sites for hydroxylation is 1. The van der Waals surface area contributed by atoms with Gasteiger partial charge < -0.3 is 19.3 Å². The van der Waals surface area contributed by atoms with Crippen molar-refractivity contribution in [1.82, 2.24) is 9.80 Å². The first-order chi connectivity index (χ1) is 19.0. The van der Waals surface area contributed by atoms with Crippen molar-refractivity contribution in [3.05, 3.63) is 82.4 Å². The number of rotatable bonds is 5. The average Bonchev–Trinajstić information content (AvgIpc) is 3.52. The molecule has 0 spiro atoms. The SMILES string of the molecule is CN1CCCc2cc(CN3C(=O)c4cccc(N5CCN(Cc6ccc7c(c6)OCO7)CC5)c4C3=O)ccc21. The van der Waals surface area contributed by atoms with Crippen LogP contribution in [0.5, 0.6) is 11.5 Å². The number of imide groups is 1. The van der Waals surface area contributed by atoms with E-state index in [2.05, 4.69) is 46.0 Å². The van der Waals surface area contributed by atoms with Gasteiger partial charge in [-0.2, -0.15) is 0 Å². The Hall–Kier alpha value is -4.04. The molecule has 0 aliphatic carbocycles. The number of hydrogen-bond donors (Lipinski definition) is 0. The molecule has 0 radical (unpaired) electrons. The number of benzene rings is 3. The zero-order valence-corrected chi connectivity index (χ0v) is 22.2. The Labute approximate surface area is 228 Å². The average molecular weight is 525 g/mol. The van der Waals surface area contributed by atoms with Crippen LogP contribution >= 0.6 is 0 Å². The van der Waals surface area contributed by atoms with Crippen LogP contribution in [0.1, 0.15) is 43.8 Å². The topological polar surface area (TPSA) is 65.6 Å². The monoisotopic (exact) mass is 524 g/mol. The van der Waals surface area contributed by atoms with Crippen LogP contribution in [-0.4, -0.2) is 68.2 Å². The van der Waals surface area contributed by atoms with Crippen molar-refractivity contribution in [3.8, 4) is 11.5 Å². The van der Waals surface area contributed by atoms with Gasteiger partial charge in [0.1, 0.15) is 0 Å². The Balaban J connectivity index is 1.05. The van der Waals surface area contributed by atoms with Crippen LogP contribution in [0.25, 0.3) is 0 Å². The molecule has 3 aromatic rings. The lowest BCUT2D eigenvalue weighted by atomic mass is 9.99. The first-order valence-corrected chi connectivity index (χ1v) is 13.7. The Morgan fingerprint density at radius 2 is 1.56 bits per heavy atom.